The SMILES string of the molecule is Cc1nc(N2CCOCC2)nc(C)c1NC(=O)Nc1cccc(OC(F)F)c1. The topological polar surface area (TPSA) is 88.6 Å². The Morgan fingerprint density at radius 3 is 2.50 bits per heavy atom. The summed E-state index contributed by atoms with van der Waals surface area (Å²) in [6.45, 7) is 3.30. The van der Waals surface area contributed by atoms with E-state index in [4.69, 9.17) is 4.74 Å². The number of nitrogens with zero attached hydrogens (tertiary/aromatic N) is 3. The molecule has 1 aliphatic heterocycles. The van der Waals surface area contributed by atoms with Crippen molar-refractivity contribution < 1.29 is 23.0 Å². The van der Waals surface area contributed by atoms with Gasteiger partial charge in [0.1, 0.15) is 5.75 Å². The number of ether oxygens (including phenoxy) is 2. The third-order valence-electron chi connectivity index (χ3n) is 4.11. The number of halogens is 2. The van der Waals surface area contributed by atoms with Crippen LogP contribution in [0.25, 0.3) is 0 Å². The van der Waals surface area contributed by atoms with E-state index in [1.807, 2.05) is 4.90 Å². The van der Waals surface area contributed by atoms with Crippen molar-refractivity contribution in [3.05, 3.63) is 35.7 Å². The highest BCUT2D eigenvalue weighted by Crippen LogP contribution is 2.23. The van der Waals surface area contributed by atoms with Crippen molar-refractivity contribution in [3.63, 3.8) is 0 Å². The number of nitrogens with one attached hydrogen (secondary N) is 2. The van der Waals surface area contributed by atoms with Crippen molar-refractivity contribution in [2.45, 2.75) is 20.5 Å². The summed E-state index contributed by atoms with van der Waals surface area (Å²) >= 11 is 0. The summed E-state index contributed by atoms with van der Waals surface area (Å²) in [5, 5.41) is 5.29. The molecule has 1 fully saturated rings. The van der Waals surface area contributed by atoms with E-state index in [1.165, 1.54) is 18.2 Å². The molecule has 150 valence electrons. The number of hydrogen-bond donors (Lipinski definition) is 2. The van der Waals surface area contributed by atoms with Gasteiger partial charge < -0.3 is 25.0 Å². The molecule has 2 amide bonds. The molecule has 1 aromatic carbocycles. The van der Waals surface area contributed by atoms with E-state index in [1.54, 1.807) is 19.9 Å². The summed E-state index contributed by atoms with van der Waals surface area (Å²) in [4.78, 5) is 23.3. The number of anilines is 3. The molecule has 10 heteroatoms. The average Bonchev–Trinajstić information content (AvgIpc) is 2.65. The maximum absolute atomic E-state index is 12.3. The van der Waals surface area contributed by atoms with Crippen molar-refractivity contribution in [1.29, 1.82) is 0 Å². The first-order valence-corrected chi connectivity index (χ1v) is 8.73. The van der Waals surface area contributed by atoms with Gasteiger partial charge in [-0.2, -0.15) is 8.78 Å². The fraction of sp³-hybridized carbons (Fsp3) is 0.389. The van der Waals surface area contributed by atoms with Gasteiger partial charge in [0.25, 0.3) is 0 Å². The second kappa shape index (κ2) is 8.79. The van der Waals surface area contributed by atoms with Gasteiger partial charge in [-0.25, -0.2) is 14.8 Å². The molecule has 2 N–H and O–H groups in total. The van der Waals surface area contributed by atoms with Crippen LogP contribution in [0.15, 0.2) is 24.3 Å². The molecule has 0 saturated carbocycles. The molecule has 2 aromatic rings. The molecular formula is C18H21F2N5O3. The molecule has 0 atom stereocenters. The van der Waals surface area contributed by atoms with Crippen LogP contribution in [0.5, 0.6) is 5.75 Å². The van der Waals surface area contributed by atoms with Crippen LogP contribution in [0.4, 0.5) is 30.9 Å². The van der Waals surface area contributed by atoms with Crippen LogP contribution in [-0.2, 0) is 4.74 Å². The van der Waals surface area contributed by atoms with Gasteiger partial charge in [-0.1, -0.05) is 6.07 Å². The number of rotatable bonds is 5. The molecule has 3 rings (SSSR count). The Morgan fingerprint density at radius 1 is 1.18 bits per heavy atom. The van der Waals surface area contributed by atoms with Crippen LogP contribution >= 0.6 is 0 Å². The lowest BCUT2D eigenvalue weighted by Crippen LogP contribution is -2.37. The molecule has 1 saturated heterocycles. The standard InChI is InChI=1S/C18H21F2N5O3/c1-11-15(12(2)22-17(21-11)25-6-8-27-9-7-25)24-18(26)23-13-4-3-5-14(10-13)28-16(19)20/h3-5,10,16H,6-9H2,1-2H3,(H2,23,24,26). The number of hydrogen-bond acceptors (Lipinski definition) is 6. The predicted molar refractivity (Wildman–Crippen MR) is 100 cm³/mol. The zero-order chi connectivity index (χ0) is 20.1. The Balaban J connectivity index is 1.68. The predicted octanol–water partition coefficient (Wildman–Crippen LogP) is 3.18. The number of morpholine rings is 1. The van der Waals surface area contributed by atoms with Crippen LogP contribution < -0.4 is 20.3 Å². The number of benzene rings is 1. The van der Waals surface area contributed by atoms with E-state index in [0.29, 0.717) is 55.0 Å². The van der Waals surface area contributed by atoms with E-state index in [9.17, 15) is 13.6 Å². The van der Waals surface area contributed by atoms with Gasteiger partial charge in [-0.05, 0) is 26.0 Å². The molecule has 1 aliphatic rings. The van der Waals surface area contributed by atoms with E-state index in [0.717, 1.165) is 0 Å². The highest BCUT2D eigenvalue weighted by atomic mass is 19.3. The second-order valence-corrected chi connectivity index (χ2v) is 6.15. The maximum atomic E-state index is 12.3. The summed E-state index contributed by atoms with van der Waals surface area (Å²) in [6, 6.07) is 5.22. The number of aryl methyl sites for hydroxylation is 2. The highest BCUT2D eigenvalue weighted by molar-refractivity contribution is 6.00. The summed E-state index contributed by atoms with van der Waals surface area (Å²) in [5.74, 6) is 0.555. The lowest BCUT2D eigenvalue weighted by atomic mass is 10.2. The van der Waals surface area contributed by atoms with E-state index >= 15 is 0 Å². The Morgan fingerprint density at radius 2 is 1.86 bits per heavy atom. The van der Waals surface area contributed by atoms with Gasteiger partial charge >= 0.3 is 12.6 Å². The largest absolute Gasteiger partial charge is 0.435 e. The minimum Gasteiger partial charge on any atom is -0.435 e. The van der Waals surface area contributed by atoms with Crippen molar-refractivity contribution in [2.24, 2.45) is 0 Å². The molecule has 0 aliphatic carbocycles. The van der Waals surface area contributed by atoms with E-state index in [-0.39, 0.29) is 5.75 Å². The Labute approximate surface area is 160 Å². The van der Waals surface area contributed by atoms with Crippen LogP contribution in [0, 0.1) is 13.8 Å². The second-order valence-electron chi connectivity index (χ2n) is 6.15. The van der Waals surface area contributed by atoms with E-state index < -0.39 is 12.6 Å². The fourth-order valence-corrected chi connectivity index (χ4v) is 2.81. The number of aromatic nitrogens is 2. The van der Waals surface area contributed by atoms with Gasteiger partial charge in [0.2, 0.25) is 5.95 Å². The van der Waals surface area contributed by atoms with Crippen LogP contribution in [0.3, 0.4) is 0 Å². The van der Waals surface area contributed by atoms with Crippen LogP contribution in [0.2, 0.25) is 0 Å². The van der Waals surface area contributed by atoms with Gasteiger partial charge in [-0.3, -0.25) is 0 Å². The molecule has 0 bridgehead atoms. The number of urea groups is 1. The Bertz CT molecular complexity index is 821. The minimum absolute atomic E-state index is 0.0432. The Kier molecular flexibility index (Phi) is 6.19. The first kappa shape index (κ1) is 19.7. The molecule has 0 spiro atoms. The smallest absolute Gasteiger partial charge is 0.387 e. The quantitative estimate of drug-likeness (QED) is 0.811. The normalized spacial score (nSPS) is 14.1. The molecular weight excluding hydrogens is 372 g/mol. The third-order valence-corrected chi connectivity index (χ3v) is 4.11. The molecule has 2 heterocycles. The summed E-state index contributed by atoms with van der Waals surface area (Å²) in [7, 11) is 0. The fourth-order valence-electron chi connectivity index (χ4n) is 2.81. The molecule has 28 heavy (non-hydrogen) atoms. The number of carbonyl (C=O) groups excluding carboxylic acids is 1. The van der Waals surface area contributed by atoms with Crippen LogP contribution in [0.1, 0.15) is 11.4 Å². The number of amides is 2. The van der Waals surface area contributed by atoms with Crippen molar-refractivity contribution in [3.8, 4) is 5.75 Å². The molecule has 8 nitrogen and oxygen atoms in total. The van der Waals surface area contributed by atoms with Crippen molar-refractivity contribution in [1.82, 2.24) is 9.97 Å². The number of alkyl halides is 2. The average molecular weight is 393 g/mol. The van der Waals surface area contributed by atoms with E-state index in [2.05, 4.69) is 25.3 Å². The minimum atomic E-state index is -2.93. The summed E-state index contributed by atoms with van der Waals surface area (Å²) < 4.78 is 34.3. The lowest BCUT2D eigenvalue weighted by Gasteiger charge is -2.27. The number of carbonyl (C=O) groups is 1. The monoisotopic (exact) mass is 393 g/mol. The molecule has 1 aromatic heterocycles. The van der Waals surface area contributed by atoms with Crippen LogP contribution in [-0.4, -0.2) is 48.9 Å². The van der Waals surface area contributed by atoms with Crippen molar-refractivity contribution in [2.75, 3.05) is 41.8 Å². The first-order chi connectivity index (χ1) is 13.4. The molecule has 0 radical (unpaired) electrons. The van der Waals surface area contributed by atoms with Gasteiger partial charge in [0, 0.05) is 24.8 Å². The zero-order valence-corrected chi connectivity index (χ0v) is 15.5. The summed E-state index contributed by atoms with van der Waals surface area (Å²) in [5.41, 5.74) is 2.06. The summed E-state index contributed by atoms with van der Waals surface area (Å²) in [6.07, 6.45) is 0. The van der Waals surface area contributed by atoms with Crippen molar-refractivity contribution >= 4 is 23.4 Å². The maximum Gasteiger partial charge on any atom is 0.387 e. The van der Waals surface area contributed by atoms with Gasteiger partial charge in [0.05, 0.1) is 30.3 Å². The lowest BCUT2D eigenvalue weighted by molar-refractivity contribution is -0.0497. The molecule has 0 unspecified atom stereocenters. The van der Waals surface area contributed by atoms with Gasteiger partial charge in [-0.15, -0.1) is 0 Å². The third kappa shape index (κ3) is 5.03. The van der Waals surface area contributed by atoms with Gasteiger partial charge in [0.15, 0.2) is 0 Å². The zero-order valence-electron chi connectivity index (χ0n) is 15.5. The Hall–Kier alpha value is -3.01. The highest BCUT2D eigenvalue weighted by Gasteiger charge is 2.18. The first-order valence-electron chi connectivity index (χ1n) is 8.73.